The first-order chi connectivity index (χ1) is 22.0. The number of ether oxygens (including phenoxy) is 4. The number of nitrogens with zero attached hydrogens (tertiary/aromatic N) is 2. The van der Waals surface area contributed by atoms with Crippen molar-refractivity contribution < 1.29 is 37.0 Å². The van der Waals surface area contributed by atoms with Crippen LogP contribution in [0.25, 0.3) is 0 Å². The molecule has 1 aliphatic carbocycles. The van der Waals surface area contributed by atoms with Gasteiger partial charge in [0.15, 0.2) is 11.5 Å². The summed E-state index contributed by atoms with van der Waals surface area (Å²) < 4.78 is 51.4. The molecule has 3 aromatic carbocycles. The number of carbonyl (C=O) groups is 2. The molecule has 2 amide bonds. The second-order valence-corrected chi connectivity index (χ2v) is 13.2. The number of anilines is 1. The highest BCUT2D eigenvalue weighted by molar-refractivity contribution is 7.92. The molecule has 0 aromatic heterocycles. The van der Waals surface area contributed by atoms with Crippen LogP contribution in [-0.4, -0.2) is 72.2 Å². The second kappa shape index (κ2) is 15.4. The number of nitrogens with one attached hydrogen (secondary N) is 1. The van der Waals surface area contributed by atoms with E-state index in [1.165, 1.54) is 57.6 Å². The van der Waals surface area contributed by atoms with Crippen LogP contribution < -0.4 is 28.6 Å². The molecule has 0 radical (unpaired) electrons. The summed E-state index contributed by atoms with van der Waals surface area (Å²) in [6, 6.07) is 14.8. The van der Waals surface area contributed by atoms with Gasteiger partial charge in [-0.25, -0.2) is 8.42 Å². The quantitative estimate of drug-likeness (QED) is 0.252. The van der Waals surface area contributed by atoms with Crippen LogP contribution in [0.3, 0.4) is 0 Å². The Labute approximate surface area is 275 Å². The molecule has 0 unspecified atom stereocenters. The zero-order valence-electron chi connectivity index (χ0n) is 26.6. The van der Waals surface area contributed by atoms with Crippen LogP contribution in [0.1, 0.15) is 38.2 Å². The van der Waals surface area contributed by atoms with Crippen molar-refractivity contribution >= 4 is 39.1 Å². The van der Waals surface area contributed by atoms with Crippen molar-refractivity contribution in [3.05, 3.63) is 71.2 Å². The van der Waals surface area contributed by atoms with E-state index >= 15 is 0 Å². The highest BCUT2D eigenvalue weighted by Crippen LogP contribution is 2.38. The van der Waals surface area contributed by atoms with E-state index in [1.807, 2.05) is 0 Å². The van der Waals surface area contributed by atoms with Gasteiger partial charge in [0.05, 0.1) is 39.0 Å². The molecule has 11 nitrogen and oxygen atoms in total. The standard InChI is InChI=1S/C33H40ClN3O8S/c1-22(33(39)35-25-11-6-7-12-25)36(20-23-9-8-10-24(34)17-23)32(38)21-37(28-18-26(42-2)13-15-29(28)43-3)46(40,41)27-14-16-30(44-4)31(19-27)45-5/h8-10,13-19,22,25H,6-7,11-12,20-21H2,1-5H3,(H,35,39)/t22-/m1/s1. The van der Waals surface area contributed by atoms with E-state index < -0.39 is 28.5 Å². The maximum atomic E-state index is 14.4. The molecule has 3 aromatic rings. The van der Waals surface area contributed by atoms with Gasteiger partial charge in [0.1, 0.15) is 24.1 Å². The Balaban J connectivity index is 1.79. The van der Waals surface area contributed by atoms with Gasteiger partial charge >= 0.3 is 0 Å². The van der Waals surface area contributed by atoms with Crippen LogP contribution in [0.5, 0.6) is 23.0 Å². The molecule has 46 heavy (non-hydrogen) atoms. The maximum absolute atomic E-state index is 14.4. The molecule has 1 fully saturated rings. The Morgan fingerprint density at radius 2 is 1.57 bits per heavy atom. The third-order valence-electron chi connectivity index (χ3n) is 7.99. The molecule has 0 heterocycles. The highest BCUT2D eigenvalue weighted by atomic mass is 35.5. The molecule has 0 aliphatic heterocycles. The third kappa shape index (κ3) is 7.97. The molecule has 13 heteroatoms. The van der Waals surface area contributed by atoms with Crippen molar-refractivity contribution in [2.24, 2.45) is 0 Å². The molecule has 248 valence electrons. The van der Waals surface area contributed by atoms with Crippen LogP contribution in [0.15, 0.2) is 65.6 Å². The summed E-state index contributed by atoms with van der Waals surface area (Å²) in [5, 5.41) is 3.52. The lowest BCUT2D eigenvalue weighted by atomic mass is 10.1. The Bertz CT molecular complexity index is 1650. The van der Waals surface area contributed by atoms with Crippen LogP contribution in [0.2, 0.25) is 5.02 Å². The van der Waals surface area contributed by atoms with Crippen LogP contribution >= 0.6 is 11.6 Å². The minimum absolute atomic E-state index is 0.0120. The first-order valence-corrected chi connectivity index (χ1v) is 16.6. The largest absolute Gasteiger partial charge is 0.497 e. The summed E-state index contributed by atoms with van der Waals surface area (Å²) in [4.78, 5) is 29.0. The van der Waals surface area contributed by atoms with Gasteiger partial charge in [-0.05, 0) is 61.7 Å². The minimum Gasteiger partial charge on any atom is -0.497 e. The number of hydrogen-bond acceptors (Lipinski definition) is 8. The zero-order valence-corrected chi connectivity index (χ0v) is 28.2. The Kier molecular flexibility index (Phi) is 11.6. The van der Waals surface area contributed by atoms with Crippen molar-refractivity contribution in [2.75, 3.05) is 39.3 Å². The molecular weight excluding hydrogens is 634 g/mol. The number of hydrogen-bond donors (Lipinski definition) is 1. The van der Waals surface area contributed by atoms with Gasteiger partial charge in [0.2, 0.25) is 11.8 Å². The van der Waals surface area contributed by atoms with Crippen molar-refractivity contribution in [3.63, 3.8) is 0 Å². The van der Waals surface area contributed by atoms with E-state index in [0.717, 1.165) is 30.0 Å². The van der Waals surface area contributed by atoms with Gasteiger partial charge in [0, 0.05) is 29.7 Å². The zero-order chi connectivity index (χ0) is 33.4. The number of benzene rings is 3. The number of halogens is 1. The van der Waals surface area contributed by atoms with Gasteiger partial charge in [-0.3, -0.25) is 13.9 Å². The third-order valence-corrected chi connectivity index (χ3v) is 9.98. The monoisotopic (exact) mass is 673 g/mol. The molecule has 0 spiro atoms. The van der Waals surface area contributed by atoms with E-state index in [9.17, 15) is 18.0 Å². The van der Waals surface area contributed by atoms with Gasteiger partial charge < -0.3 is 29.2 Å². The summed E-state index contributed by atoms with van der Waals surface area (Å²) >= 11 is 6.25. The molecule has 1 N–H and O–H groups in total. The van der Waals surface area contributed by atoms with E-state index in [4.69, 9.17) is 30.5 Å². The van der Waals surface area contributed by atoms with Crippen LogP contribution in [0, 0.1) is 0 Å². The summed E-state index contributed by atoms with van der Waals surface area (Å²) in [6.07, 6.45) is 3.78. The number of carbonyl (C=O) groups excluding carboxylic acids is 2. The van der Waals surface area contributed by atoms with Gasteiger partial charge in [0.25, 0.3) is 10.0 Å². The molecule has 1 aliphatic rings. The van der Waals surface area contributed by atoms with E-state index in [1.54, 1.807) is 43.3 Å². The Morgan fingerprint density at radius 3 is 2.20 bits per heavy atom. The number of methoxy groups -OCH3 is 4. The fourth-order valence-electron chi connectivity index (χ4n) is 5.42. The van der Waals surface area contributed by atoms with Crippen LogP contribution in [-0.2, 0) is 26.2 Å². The normalized spacial score (nSPS) is 13.9. The smallest absolute Gasteiger partial charge is 0.265 e. The predicted molar refractivity (Wildman–Crippen MR) is 175 cm³/mol. The van der Waals surface area contributed by atoms with E-state index in [2.05, 4.69) is 5.32 Å². The summed E-state index contributed by atoms with van der Waals surface area (Å²) in [6.45, 7) is 0.978. The highest BCUT2D eigenvalue weighted by Gasteiger charge is 2.35. The summed E-state index contributed by atoms with van der Waals surface area (Å²) in [7, 11) is 1.23. The minimum atomic E-state index is -4.45. The number of amides is 2. The molecule has 0 bridgehead atoms. The Morgan fingerprint density at radius 1 is 0.891 bits per heavy atom. The predicted octanol–water partition coefficient (Wildman–Crippen LogP) is 5.05. The number of rotatable bonds is 14. The van der Waals surface area contributed by atoms with E-state index in [0.29, 0.717) is 22.1 Å². The molecule has 4 rings (SSSR count). The lowest BCUT2D eigenvalue weighted by molar-refractivity contribution is -0.139. The van der Waals surface area contributed by atoms with Gasteiger partial charge in [-0.2, -0.15) is 0 Å². The first-order valence-electron chi connectivity index (χ1n) is 14.8. The topological polar surface area (TPSA) is 124 Å². The molecule has 1 saturated carbocycles. The SMILES string of the molecule is COc1ccc(OC)c(N(CC(=O)N(Cc2cccc(Cl)c2)[C@H](C)C(=O)NC2CCCC2)S(=O)(=O)c2ccc(OC)c(OC)c2)c1. The fourth-order valence-corrected chi connectivity index (χ4v) is 7.06. The average Bonchev–Trinajstić information content (AvgIpc) is 3.57. The van der Waals surface area contributed by atoms with Crippen LogP contribution in [0.4, 0.5) is 5.69 Å². The molecule has 1 atom stereocenters. The van der Waals surface area contributed by atoms with Crippen molar-refractivity contribution in [1.29, 1.82) is 0 Å². The Hall–Kier alpha value is -4.16. The average molecular weight is 674 g/mol. The van der Waals surface area contributed by atoms with Crippen molar-refractivity contribution in [2.45, 2.75) is 56.1 Å². The lowest BCUT2D eigenvalue weighted by Gasteiger charge is -2.33. The van der Waals surface area contributed by atoms with Gasteiger partial charge in [-0.15, -0.1) is 0 Å². The van der Waals surface area contributed by atoms with Gasteiger partial charge in [-0.1, -0.05) is 36.6 Å². The van der Waals surface area contributed by atoms with Crippen molar-refractivity contribution in [3.8, 4) is 23.0 Å². The summed E-state index contributed by atoms with van der Waals surface area (Å²) in [5.41, 5.74) is 0.741. The lowest BCUT2D eigenvalue weighted by Crippen LogP contribution is -2.52. The summed E-state index contributed by atoms with van der Waals surface area (Å²) in [5.74, 6) is 0.102. The van der Waals surface area contributed by atoms with E-state index in [-0.39, 0.29) is 40.6 Å². The fraction of sp³-hybridized carbons (Fsp3) is 0.394. The number of sulfonamides is 1. The molecular formula is C33H40ClN3O8S. The first kappa shape index (κ1) is 34.7. The second-order valence-electron chi connectivity index (χ2n) is 10.9. The van der Waals surface area contributed by atoms with Crippen molar-refractivity contribution in [1.82, 2.24) is 10.2 Å². The molecule has 0 saturated heterocycles. The maximum Gasteiger partial charge on any atom is 0.265 e.